The third-order valence-electron chi connectivity index (χ3n) is 8.92. The minimum absolute atomic E-state index is 0.0320. The van der Waals surface area contributed by atoms with Crippen LogP contribution >= 0.6 is 15.6 Å². The van der Waals surface area contributed by atoms with Crippen LogP contribution in [0, 0.1) is 0 Å². The fourth-order valence-electron chi connectivity index (χ4n) is 5.38. The molecule has 0 amide bonds. The van der Waals surface area contributed by atoms with Gasteiger partial charge < -0.3 is 34.4 Å². The predicted molar refractivity (Wildman–Crippen MR) is 263 cm³/mol. The molecule has 66 heavy (non-hydrogen) atoms. The number of ether oxygens (including phenoxy) is 2. The van der Waals surface area contributed by atoms with Gasteiger partial charge in [0.15, 0.2) is 6.10 Å². The zero-order chi connectivity index (χ0) is 48.8. The second-order valence-electron chi connectivity index (χ2n) is 15.1. The first kappa shape index (κ1) is 62.5. The van der Waals surface area contributed by atoms with Crippen LogP contribution in [-0.2, 0) is 41.8 Å². The van der Waals surface area contributed by atoms with Crippen LogP contribution in [0.3, 0.4) is 0 Å². The number of aliphatic hydroxyl groups is 2. The first-order valence-corrected chi connectivity index (χ1v) is 26.4. The molecule has 0 saturated heterocycles. The Labute approximate surface area is 395 Å². The number of carbonyl (C=O) groups is 2. The van der Waals surface area contributed by atoms with Crippen LogP contribution in [0.4, 0.5) is 0 Å². The highest BCUT2D eigenvalue weighted by Gasteiger charge is 2.28. The van der Waals surface area contributed by atoms with E-state index in [2.05, 4.69) is 83.7 Å². The van der Waals surface area contributed by atoms with E-state index in [4.69, 9.17) is 23.8 Å². The fraction of sp³-hybridized carbons (Fsp3) is 0.560. The van der Waals surface area contributed by atoms with Crippen molar-refractivity contribution in [2.75, 3.05) is 26.4 Å². The summed E-state index contributed by atoms with van der Waals surface area (Å²) in [6.07, 6.45) is 52.2. The van der Waals surface area contributed by atoms with E-state index >= 15 is 0 Å². The number of carbonyl (C=O) groups excluding carboxylic acids is 2. The number of phosphoric ester groups is 2. The molecule has 16 heteroatoms. The van der Waals surface area contributed by atoms with Crippen LogP contribution in [0.2, 0.25) is 0 Å². The summed E-state index contributed by atoms with van der Waals surface area (Å²) in [5, 5.41) is 19.8. The summed E-state index contributed by atoms with van der Waals surface area (Å²) in [6.45, 7) is 1.40. The molecule has 0 aliphatic heterocycles. The largest absolute Gasteiger partial charge is 0.472 e. The van der Waals surface area contributed by atoms with E-state index in [9.17, 15) is 33.8 Å². The molecule has 0 heterocycles. The van der Waals surface area contributed by atoms with Gasteiger partial charge in [-0.1, -0.05) is 155 Å². The van der Waals surface area contributed by atoms with Crippen molar-refractivity contribution in [2.24, 2.45) is 0 Å². The predicted octanol–water partition coefficient (Wildman–Crippen LogP) is 11.4. The van der Waals surface area contributed by atoms with Crippen molar-refractivity contribution < 1.29 is 66.7 Å². The van der Waals surface area contributed by atoms with E-state index in [0.717, 1.165) is 57.8 Å². The summed E-state index contributed by atoms with van der Waals surface area (Å²) in [6, 6.07) is 0. The summed E-state index contributed by atoms with van der Waals surface area (Å²) in [5.41, 5.74) is 0. The van der Waals surface area contributed by atoms with Gasteiger partial charge in [-0.05, 0) is 89.9 Å². The van der Waals surface area contributed by atoms with Crippen LogP contribution in [-0.4, -0.2) is 81.6 Å². The number of hydrogen-bond donors (Lipinski definition) is 5. The minimum Gasteiger partial charge on any atom is -0.462 e. The van der Waals surface area contributed by atoms with Crippen molar-refractivity contribution >= 4 is 27.6 Å². The summed E-state index contributed by atoms with van der Waals surface area (Å²) < 4.78 is 47.7. The Kier molecular flexibility index (Phi) is 41.7. The van der Waals surface area contributed by atoms with E-state index < -0.39 is 72.3 Å². The Morgan fingerprint density at radius 1 is 0.515 bits per heavy atom. The maximum absolute atomic E-state index is 12.7. The first-order chi connectivity index (χ1) is 31.8. The van der Waals surface area contributed by atoms with E-state index in [-0.39, 0.29) is 12.8 Å². The Bertz CT molecular complexity index is 1640. The van der Waals surface area contributed by atoms with Crippen LogP contribution < -0.4 is 0 Å². The Morgan fingerprint density at radius 2 is 1.03 bits per heavy atom. The van der Waals surface area contributed by atoms with E-state index in [1.54, 1.807) is 6.08 Å². The third kappa shape index (κ3) is 47.0. The number of aliphatic hydroxyl groups excluding tert-OH is 2. The highest BCUT2D eigenvalue weighted by atomic mass is 31.2. The second kappa shape index (κ2) is 44.0. The van der Waals surface area contributed by atoms with E-state index in [0.29, 0.717) is 32.1 Å². The SMILES string of the molecule is CC/C=C\C/C=C\CC(O)/C=C/C=C\C/C=C\C/C=C\CCC(=O)O[C@H](COC(=O)CCCCC/C=C\C/C=C\C/C=C\C/C=C\CCCCC)COP(=O)(O)OC[C@@H](O)COP(=O)(O)O. The van der Waals surface area contributed by atoms with Crippen LogP contribution in [0.25, 0.3) is 0 Å². The molecular formula is C50H80O14P2. The van der Waals surface area contributed by atoms with Crippen LogP contribution in [0.15, 0.2) is 122 Å². The molecule has 0 aromatic heterocycles. The lowest BCUT2D eigenvalue weighted by Gasteiger charge is -2.20. The maximum Gasteiger partial charge on any atom is 0.472 e. The van der Waals surface area contributed by atoms with Gasteiger partial charge in [-0.2, -0.15) is 0 Å². The van der Waals surface area contributed by atoms with E-state index in [1.165, 1.54) is 19.3 Å². The number of phosphoric acid groups is 2. The number of hydrogen-bond acceptors (Lipinski definition) is 11. The number of allylic oxidation sites excluding steroid dienone is 18. The van der Waals surface area contributed by atoms with Gasteiger partial charge in [0.1, 0.15) is 12.7 Å². The highest BCUT2D eigenvalue weighted by Crippen LogP contribution is 2.43. The monoisotopic (exact) mass is 967 g/mol. The van der Waals surface area contributed by atoms with Crippen molar-refractivity contribution in [3.63, 3.8) is 0 Å². The molecule has 14 nitrogen and oxygen atoms in total. The summed E-state index contributed by atoms with van der Waals surface area (Å²) in [4.78, 5) is 52.8. The van der Waals surface area contributed by atoms with Crippen molar-refractivity contribution in [2.45, 2.75) is 154 Å². The number of unbranched alkanes of at least 4 members (excludes halogenated alkanes) is 6. The van der Waals surface area contributed by atoms with E-state index in [1.807, 2.05) is 54.7 Å². The molecule has 0 aromatic rings. The first-order valence-electron chi connectivity index (χ1n) is 23.3. The molecule has 0 aliphatic carbocycles. The summed E-state index contributed by atoms with van der Waals surface area (Å²) in [7, 11) is -9.75. The lowest BCUT2D eigenvalue weighted by molar-refractivity contribution is -0.161. The normalized spacial score (nSPS) is 15.4. The summed E-state index contributed by atoms with van der Waals surface area (Å²) >= 11 is 0. The minimum atomic E-state index is -4.89. The summed E-state index contributed by atoms with van der Waals surface area (Å²) in [5.74, 6) is -1.21. The lowest BCUT2D eigenvalue weighted by Crippen LogP contribution is -2.29. The molecule has 5 N–H and O–H groups in total. The van der Waals surface area contributed by atoms with Gasteiger partial charge in [-0.3, -0.25) is 23.2 Å². The molecule has 0 spiro atoms. The zero-order valence-electron chi connectivity index (χ0n) is 39.3. The molecule has 0 radical (unpaired) electrons. The third-order valence-corrected chi connectivity index (χ3v) is 10.4. The molecule has 4 atom stereocenters. The molecule has 0 saturated carbocycles. The Morgan fingerprint density at radius 3 is 1.62 bits per heavy atom. The smallest absolute Gasteiger partial charge is 0.462 e. The van der Waals surface area contributed by atoms with Gasteiger partial charge in [0.25, 0.3) is 0 Å². The van der Waals surface area contributed by atoms with Gasteiger partial charge in [0.05, 0.1) is 25.9 Å². The molecule has 0 fully saturated rings. The van der Waals surface area contributed by atoms with Gasteiger partial charge in [0, 0.05) is 12.8 Å². The quantitative estimate of drug-likeness (QED) is 0.0127. The molecular weight excluding hydrogens is 886 g/mol. The van der Waals surface area contributed by atoms with Gasteiger partial charge >= 0.3 is 27.6 Å². The highest BCUT2D eigenvalue weighted by molar-refractivity contribution is 7.47. The zero-order valence-corrected chi connectivity index (χ0v) is 41.1. The molecule has 2 unspecified atom stereocenters. The molecule has 0 rings (SSSR count). The lowest BCUT2D eigenvalue weighted by atomic mass is 10.1. The topological polar surface area (TPSA) is 216 Å². The number of esters is 2. The Balaban J connectivity index is 4.74. The van der Waals surface area contributed by atoms with Gasteiger partial charge in [0.2, 0.25) is 0 Å². The Hall–Kier alpha value is -3.52. The number of rotatable bonds is 42. The van der Waals surface area contributed by atoms with Gasteiger partial charge in [-0.25, -0.2) is 9.13 Å². The standard InChI is InChI=1S/C50H80O14P2/c1-3-5-7-9-11-12-13-14-15-16-17-18-19-20-21-25-28-32-36-40-49(53)60-44-48(45-63-66(58,59)62-43-47(52)42-61-65(55,56)57)64-50(54)41-37-33-29-26-23-22-24-27-31-35-39-46(51)38-34-30-10-8-6-4-2/h6,8,11-12,14-15,17-18,20-23,27,29-31,33-35,39,46-48,51-52H,3-5,7,9-10,13,16,19,24-26,28,32,36-38,40-45H2,1-2H3,(H,58,59)(H2,55,56,57)/b8-6-,12-11-,15-14-,18-17-,21-20-,23-22-,31-27-,33-29-,34-30-,39-35+/t46?,47-,48+/m0/s1. The van der Waals surface area contributed by atoms with Crippen molar-refractivity contribution in [3.8, 4) is 0 Å². The molecule has 374 valence electrons. The van der Waals surface area contributed by atoms with Gasteiger partial charge in [-0.15, -0.1) is 0 Å². The molecule has 0 aromatic carbocycles. The van der Waals surface area contributed by atoms with Crippen LogP contribution in [0.5, 0.6) is 0 Å². The van der Waals surface area contributed by atoms with Crippen molar-refractivity contribution in [1.82, 2.24) is 0 Å². The average Bonchev–Trinajstić information content (AvgIpc) is 3.28. The molecule has 0 aliphatic rings. The van der Waals surface area contributed by atoms with Crippen molar-refractivity contribution in [3.05, 3.63) is 122 Å². The maximum atomic E-state index is 12.7. The fourth-order valence-corrected chi connectivity index (χ4v) is 6.54. The average molecular weight is 967 g/mol. The van der Waals surface area contributed by atoms with Crippen LogP contribution in [0.1, 0.15) is 136 Å². The van der Waals surface area contributed by atoms with Crippen molar-refractivity contribution in [1.29, 1.82) is 0 Å². The second-order valence-corrected chi connectivity index (χ2v) is 17.8. The molecule has 0 bridgehead atoms.